The van der Waals surface area contributed by atoms with Crippen molar-refractivity contribution in [1.82, 2.24) is 5.32 Å². The summed E-state index contributed by atoms with van der Waals surface area (Å²) in [6, 6.07) is 0. The number of hydrogen-bond donors (Lipinski definition) is 2. The van der Waals surface area contributed by atoms with E-state index in [1.807, 2.05) is 0 Å². The maximum atomic E-state index is 10.3. The molecule has 1 rings (SSSR count). The van der Waals surface area contributed by atoms with Gasteiger partial charge >= 0.3 is 0 Å². The van der Waals surface area contributed by atoms with Gasteiger partial charge in [-0.25, -0.2) is 0 Å². The molecule has 1 fully saturated rings. The molecule has 1 atom stereocenters. The van der Waals surface area contributed by atoms with Crippen molar-refractivity contribution < 1.29 is 19.0 Å². The zero-order valence-electron chi connectivity index (χ0n) is 8.74. The van der Waals surface area contributed by atoms with Gasteiger partial charge in [0.1, 0.15) is 13.4 Å². The number of nitrogens with two attached hydrogens (primary N) is 1. The summed E-state index contributed by atoms with van der Waals surface area (Å²) in [7, 11) is 0. The summed E-state index contributed by atoms with van der Waals surface area (Å²) < 4.78 is 15.3. The van der Waals surface area contributed by atoms with E-state index in [1.165, 1.54) is 0 Å². The van der Waals surface area contributed by atoms with Crippen molar-refractivity contribution in [3.63, 3.8) is 0 Å². The first-order valence-electron chi connectivity index (χ1n) is 5.05. The topological polar surface area (TPSA) is 82.8 Å². The molecule has 0 bridgehead atoms. The van der Waals surface area contributed by atoms with Crippen LogP contribution in [0.1, 0.15) is 6.42 Å². The molecule has 0 aromatic heterocycles. The maximum Gasteiger partial charge on any atom is 0.243 e. The highest BCUT2D eigenvalue weighted by Gasteiger charge is 2.12. The van der Waals surface area contributed by atoms with E-state index in [0.29, 0.717) is 19.9 Å². The highest BCUT2D eigenvalue weighted by Crippen LogP contribution is 2.03. The van der Waals surface area contributed by atoms with E-state index in [0.717, 1.165) is 19.6 Å². The van der Waals surface area contributed by atoms with Gasteiger partial charge in [0, 0.05) is 13.1 Å². The van der Waals surface area contributed by atoms with Crippen molar-refractivity contribution in [2.75, 3.05) is 39.7 Å². The Kier molecular flexibility index (Phi) is 6.26. The monoisotopic (exact) mass is 218 g/mol. The molecule has 0 aromatic carbocycles. The van der Waals surface area contributed by atoms with Crippen LogP contribution in [0.2, 0.25) is 0 Å². The largest absolute Gasteiger partial charge is 0.370 e. The molecule has 1 amide bonds. The molecule has 3 N–H and O–H groups in total. The molecule has 0 aromatic rings. The lowest BCUT2D eigenvalue weighted by Crippen LogP contribution is -2.35. The van der Waals surface area contributed by atoms with Crippen LogP contribution >= 0.6 is 0 Å². The quantitative estimate of drug-likeness (QED) is 0.527. The first kappa shape index (κ1) is 12.4. The molecule has 88 valence electrons. The normalized spacial score (nSPS) is 21.5. The second kappa shape index (κ2) is 7.58. The van der Waals surface area contributed by atoms with Gasteiger partial charge in [-0.15, -0.1) is 0 Å². The number of nitrogens with one attached hydrogen (secondary N) is 1. The van der Waals surface area contributed by atoms with Crippen LogP contribution in [0.3, 0.4) is 0 Å². The average molecular weight is 218 g/mol. The molecule has 1 aliphatic heterocycles. The Hall–Kier alpha value is -0.690. The van der Waals surface area contributed by atoms with Gasteiger partial charge in [0.05, 0.1) is 19.3 Å². The SMILES string of the molecule is NC(=O)COCCNCC1CCOCO1. The minimum absolute atomic E-state index is 0.0184. The number of carbonyl (C=O) groups excluding carboxylic acids is 1. The Bertz CT molecular complexity index is 183. The van der Waals surface area contributed by atoms with E-state index in [9.17, 15) is 4.79 Å². The molecule has 15 heavy (non-hydrogen) atoms. The summed E-state index contributed by atoms with van der Waals surface area (Å²) in [5.74, 6) is -0.442. The Morgan fingerprint density at radius 2 is 2.47 bits per heavy atom. The van der Waals surface area contributed by atoms with Crippen molar-refractivity contribution in [2.24, 2.45) is 5.73 Å². The predicted molar refractivity (Wildman–Crippen MR) is 53.2 cm³/mol. The van der Waals surface area contributed by atoms with E-state index in [4.69, 9.17) is 19.9 Å². The number of ether oxygens (including phenoxy) is 3. The van der Waals surface area contributed by atoms with Crippen molar-refractivity contribution in [3.05, 3.63) is 0 Å². The first-order chi connectivity index (χ1) is 7.29. The fourth-order valence-corrected chi connectivity index (χ4v) is 1.24. The number of hydrogen-bond acceptors (Lipinski definition) is 5. The van der Waals surface area contributed by atoms with E-state index in [2.05, 4.69) is 5.32 Å². The van der Waals surface area contributed by atoms with Crippen LogP contribution in [0.5, 0.6) is 0 Å². The average Bonchev–Trinajstić information content (AvgIpc) is 2.24. The fraction of sp³-hybridized carbons (Fsp3) is 0.889. The summed E-state index contributed by atoms with van der Waals surface area (Å²) in [4.78, 5) is 10.3. The van der Waals surface area contributed by atoms with Crippen LogP contribution in [-0.2, 0) is 19.0 Å². The maximum absolute atomic E-state index is 10.3. The number of primary amides is 1. The van der Waals surface area contributed by atoms with Gasteiger partial charge in [-0.05, 0) is 6.42 Å². The van der Waals surface area contributed by atoms with Crippen molar-refractivity contribution in [2.45, 2.75) is 12.5 Å². The number of amides is 1. The van der Waals surface area contributed by atoms with Gasteiger partial charge in [-0.2, -0.15) is 0 Å². The molecule has 1 aliphatic rings. The second-order valence-corrected chi connectivity index (χ2v) is 3.33. The molecule has 1 unspecified atom stereocenters. The Morgan fingerprint density at radius 3 is 3.13 bits per heavy atom. The summed E-state index contributed by atoms with van der Waals surface area (Å²) >= 11 is 0. The van der Waals surface area contributed by atoms with Crippen molar-refractivity contribution in [1.29, 1.82) is 0 Å². The summed E-state index contributed by atoms with van der Waals surface area (Å²) in [6.45, 7) is 3.06. The van der Waals surface area contributed by atoms with Crippen LogP contribution in [-0.4, -0.2) is 51.7 Å². The van der Waals surface area contributed by atoms with E-state index < -0.39 is 5.91 Å². The minimum atomic E-state index is -0.442. The first-order valence-corrected chi connectivity index (χ1v) is 5.05. The Morgan fingerprint density at radius 1 is 1.60 bits per heavy atom. The van der Waals surface area contributed by atoms with E-state index in [1.54, 1.807) is 0 Å². The number of rotatable bonds is 7. The third-order valence-electron chi connectivity index (χ3n) is 2.01. The summed E-state index contributed by atoms with van der Waals surface area (Å²) in [5, 5.41) is 3.17. The molecule has 0 spiro atoms. The third kappa shape index (κ3) is 6.40. The molecule has 6 nitrogen and oxygen atoms in total. The van der Waals surface area contributed by atoms with Crippen molar-refractivity contribution in [3.8, 4) is 0 Å². The van der Waals surface area contributed by atoms with Gasteiger partial charge in [-0.3, -0.25) is 4.79 Å². The smallest absolute Gasteiger partial charge is 0.243 e. The lowest BCUT2D eigenvalue weighted by molar-refractivity contribution is -0.137. The zero-order valence-corrected chi connectivity index (χ0v) is 8.74. The van der Waals surface area contributed by atoms with Gasteiger partial charge in [0.15, 0.2) is 0 Å². The second-order valence-electron chi connectivity index (χ2n) is 3.33. The molecule has 6 heteroatoms. The highest BCUT2D eigenvalue weighted by molar-refractivity contribution is 5.74. The summed E-state index contributed by atoms with van der Waals surface area (Å²) in [6.07, 6.45) is 1.13. The fourth-order valence-electron chi connectivity index (χ4n) is 1.24. The van der Waals surface area contributed by atoms with Crippen LogP contribution in [0.4, 0.5) is 0 Å². The third-order valence-corrected chi connectivity index (χ3v) is 2.01. The molecule has 0 aliphatic carbocycles. The summed E-state index contributed by atoms with van der Waals surface area (Å²) in [5.41, 5.74) is 4.91. The highest BCUT2D eigenvalue weighted by atomic mass is 16.7. The van der Waals surface area contributed by atoms with E-state index >= 15 is 0 Å². The molecular weight excluding hydrogens is 200 g/mol. The van der Waals surface area contributed by atoms with Gasteiger partial charge < -0.3 is 25.3 Å². The predicted octanol–water partition coefficient (Wildman–Crippen LogP) is -1.16. The standard InChI is InChI=1S/C9H18N2O4/c10-9(12)6-13-4-2-11-5-8-1-3-14-7-15-8/h8,11H,1-7H2,(H2,10,12). The van der Waals surface area contributed by atoms with Crippen molar-refractivity contribution >= 4 is 5.91 Å². The molecule has 1 saturated heterocycles. The molecular formula is C9H18N2O4. The van der Waals surface area contributed by atoms with Gasteiger partial charge in [-0.1, -0.05) is 0 Å². The van der Waals surface area contributed by atoms with E-state index in [-0.39, 0.29) is 12.7 Å². The Labute approximate surface area is 89.0 Å². The van der Waals surface area contributed by atoms with Crippen LogP contribution < -0.4 is 11.1 Å². The number of carbonyl (C=O) groups is 1. The molecule has 1 heterocycles. The van der Waals surface area contributed by atoms with Crippen LogP contribution in [0, 0.1) is 0 Å². The Balaban J connectivity index is 1.85. The van der Waals surface area contributed by atoms with Gasteiger partial charge in [0.2, 0.25) is 5.91 Å². The minimum Gasteiger partial charge on any atom is -0.370 e. The molecule has 0 saturated carbocycles. The lowest BCUT2D eigenvalue weighted by atomic mass is 10.2. The molecule has 0 radical (unpaired) electrons. The van der Waals surface area contributed by atoms with Gasteiger partial charge in [0.25, 0.3) is 0 Å². The van der Waals surface area contributed by atoms with Crippen LogP contribution in [0.15, 0.2) is 0 Å². The van der Waals surface area contributed by atoms with Crippen LogP contribution in [0.25, 0.3) is 0 Å². The zero-order chi connectivity index (χ0) is 10.9. The lowest BCUT2D eigenvalue weighted by Gasteiger charge is -2.22.